The van der Waals surface area contributed by atoms with E-state index in [-0.39, 0.29) is 6.54 Å². The third kappa shape index (κ3) is 3.83. The van der Waals surface area contributed by atoms with Crippen LogP contribution >= 0.6 is 11.6 Å². The average Bonchev–Trinajstić information content (AvgIpc) is 3.05. The van der Waals surface area contributed by atoms with Gasteiger partial charge in [-0.15, -0.1) is 0 Å². The summed E-state index contributed by atoms with van der Waals surface area (Å²) in [5, 5.41) is 40.8. The molecule has 0 spiro atoms. The van der Waals surface area contributed by atoms with E-state index in [1.807, 2.05) is 4.57 Å². The van der Waals surface area contributed by atoms with Crippen LogP contribution in [-0.2, 0) is 16.1 Å². The van der Waals surface area contributed by atoms with Crippen LogP contribution in [0, 0.1) is 12.7 Å². The molecule has 0 saturated carbocycles. The van der Waals surface area contributed by atoms with Crippen molar-refractivity contribution in [3.63, 3.8) is 0 Å². The van der Waals surface area contributed by atoms with E-state index in [1.54, 1.807) is 49.5 Å². The highest BCUT2D eigenvalue weighted by Crippen LogP contribution is 2.31. The lowest BCUT2D eigenvalue weighted by Gasteiger charge is -2.37. The fourth-order valence-corrected chi connectivity index (χ4v) is 4.82. The Balaban J connectivity index is 1.65. The Hall–Kier alpha value is -3.15. The molecule has 0 radical (unpaired) electrons. The lowest BCUT2D eigenvalue weighted by atomic mass is 9.98. The number of aliphatic carboxylic acids is 1. The van der Waals surface area contributed by atoms with Gasteiger partial charge in [-0.1, -0.05) is 23.7 Å². The SMILES string of the molecule is Cc1n2c(c[n+]1[C@@H]1O[C@H](C(=O)O)[C@@H](O)[C@H](O)[C@H]1O)CN=C(c1ccccc1F)c1cc(Cl)ccc1-2. The van der Waals surface area contributed by atoms with Crippen LogP contribution in [0.5, 0.6) is 0 Å². The first-order chi connectivity index (χ1) is 16.7. The molecule has 5 atom stereocenters. The van der Waals surface area contributed by atoms with Crippen molar-refractivity contribution in [1.29, 1.82) is 0 Å². The number of carbonyl (C=O) groups is 1. The van der Waals surface area contributed by atoms with Crippen LogP contribution in [0.2, 0.25) is 5.02 Å². The summed E-state index contributed by atoms with van der Waals surface area (Å²) < 4.78 is 23.5. The average molecular weight is 503 g/mol. The van der Waals surface area contributed by atoms with E-state index < -0.39 is 42.4 Å². The first kappa shape index (κ1) is 23.6. The number of hydrogen-bond donors (Lipinski definition) is 4. The highest BCUT2D eigenvalue weighted by atomic mass is 35.5. The number of aliphatic hydroxyl groups excluding tert-OH is 3. The van der Waals surface area contributed by atoms with Gasteiger partial charge in [0.1, 0.15) is 42.6 Å². The van der Waals surface area contributed by atoms with Crippen molar-refractivity contribution in [2.75, 3.05) is 0 Å². The molecule has 0 unspecified atom stereocenters. The molecular formula is C24H22ClFN3O6+. The number of rotatable bonds is 3. The number of halogens is 2. The number of benzene rings is 2. The van der Waals surface area contributed by atoms with Gasteiger partial charge in [0.05, 0.1) is 5.71 Å². The zero-order chi connectivity index (χ0) is 25.0. The Morgan fingerprint density at radius 3 is 2.60 bits per heavy atom. The van der Waals surface area contributed by atoms with Gasteiger partial charge in [-0.05, 0) is 30.3 Å². The van der Waals surface area contributed by atoms with Crippen LogP contribution in [0.3, 0.4) is 0 Å². The minimum absolute atomic E-state index is 0.125. The first-order valence-corrected chi connectivity index (χ1v) is 11.2. The largest absolute Gasteiger partial charge is 0.479 e. The molecule has 3 aromatic rings. The number of aliphatic hydroxyl groups is 3. The second kappa shape index (κ2) is 8.81. The van der Waals surface area contributed by atoms with Gasteiger partial charge in [-0.25, -0.2) is 13.8 Å². The highest BCUT2D eigenvalue weighted by molar-refractivity contribution is 6.31. The van der Waals surface area contributed by atoms with E-state index in [2.05, 4.69) is 4.99 Å². The summed E-state index contributed by atoms with van der Waals surface area (Å²) in [6, 6.07) is 11.4. The zero-order valence-corrected chi connectivity index (χ0v) is 19.2. The van der Waals surface area contributed by atoms with Gasteiger partial charge in [0.15, 0.2) is 11.8 Å². The van der Waals surface area contributed by atoms with Crippen molar-refractivity contribution in [3.8, 4) is 5.69 Å². The van der Waals surface area contributed by atoms with Crippen molar-refractivity contribution in [2.45, 2.75) is 44.1 Å². The summed E-state index contributed by atoms with van der Waals surface area (Å²) in [4.78, 5) is 16.2. The van der Waals surface area contributed by atoms with Gasteiger partial charge in [0.2, 0.25) is 6.23 Å². The van der Waals surface area contributed by atoms with Gasteiger partial charge in [-0.2, -0.15) is 4.57 Å². The summed E-state index contributed by atoms with van der Waals surface area (Å²) in [6.07, 6.45) is -6.53. The third-order valence-corrected chi connectivity index (χ3v) is 6.60. The van der Waals surface area contributed by atoms with Crippen molar-refractivity contribution in [3.05, 3.63) is 82.1 Å². The van der Waals surface area contributed by atoms with E-state index in [0.717, 1.165) is 0 Å². The van der Waals surface area contributed by atoms with Gasteiger partial charge in [0, 0.05) is 23.1 Å². The molecular weight excluding hydrogens is 481 g/mol. The number of fused-ring (bicyclic) bond motifs is 3. The molecule has 5 rings (SSSR count). The van der Waals surface area contributed by atoms with E-state index in [1.165, 1.54) is 10.6 Å². The molecule has 3 heterocycles. The maximum absolute atomic E-state index is 14.7. The quantitative estimate of drug-likeness (QED) is 0.399. The van der Waals surface area contributed by atoms with E-state index in [9.17, 15) is 29.6 Å². The van der Waals surface area contributed by atoms with Crippen molar-refractivity contribution in [1.82, 2.24) is 4.57 Å². The Kier molecular flexibility index (Phi) is 5.94. The summed E-state index contributed by atoms with van der Waals surface area (Å²) in [7, 11) is 0. The molecule has 0 aliphatic carbocycles. The standard InChI is InChI=1S/C24H21ClFN3O6/c1-11-28(23-21(32)19(30)20(31)22(35-23)24(33)34)10-13-9-27-18(14-4-2-3-5-16(14)26)15-8-12(25)6-7-17(15)29(11)13/h2-8,10,19-23,30-32H,9H2,1H3/p+1/t19-,20-,21+,22-,23+/m0/s1. The molecule has 182 valence electrons. The summed E-state index contributed by atoms with van der Waals surface area (Å²) >= 11 is 6.29. The molecule has 1 fully saturated rings. The van der Waals surface area contributed by atoms with Crippen LogP contribution in [0.1, 0.15) is 28.9 Å². The number of nitrogens with zero attached hydrogens (tertiary/aromatic N) is 3. The molecule has 1 saturated heterocycles. The maximum atomic E-state index is 14.7. The highest BCUT2D eigenvalue weighted by Gasteiger charge is 2.50. The molecule has 0 bridgehead atoms. The number of carboxylic acids is 1. The summed E-state index contributed by atoms with van der Waals surface area (Å²) in [5.74, 6) is -1.38. The summed E-state index contributed by atoms with van der Waals surface area (Å²) in [5.41, 5.74) is 2.60. The number of ether oxygens (including phenoxy) is 1. The Labute approximate surface area is 203 Å². The van der Waals surface area contributed by atoms with Crippen LogP contribution in [0.4, 0.5) is 4.39 Å². The molecule has 2 aliphatic rings. The van der Waals surface area contributed by atoms with Crippen molar-refractivity contribution in [2.24, 2.45) is 4.99 Å². The maximum Gasteiger partial charge on any atom is 0.335 e. The molecule has 1 aromatic heterocycles. The van der Waals surface area contributed by atoms with Crippen LogP contribution in [-0.4, -0.2) is 61.1 Å². The van der Waals surface area contributed by atoms with Crippen LogP contribution in [0.15, 0.2) is 53.7 Å². The number of aromatic nitrogens is 2. The molecule has 2 aliphatic heterocycles. The van der Waals surface area contributed by atoms with Crippen molar-refractivity contribution >= 4 is 23.3 Å². The Bertz CT molecular complexity index is 1360. The fourth-order valence-electron chi connectivity index (χ4n) is 4.65. The molecule has 0 amide bonds. The predicted molar refractivity (Wildman–Crippen MR) is 121 cm³/mol. The lowest BCUT2D eigenvalue weighted by molar-refractivity contribution is -0.781. The second-order valence-electron chi connectivity index (χ2n) is 8.47. The first-order valence-electron chi connectivity index (χ1n) is 10.8. The van der Waals surface area contributed by atoms with Crippen LogP contribution < -0.4 is 4.57 Å². The number of hydrogen-bond acceptors (Lipinski definition) is 6. The van der Waals surface area contributed by atoms with Gasteiger partial charge in [0.25, 0.3) is 5.82 Å². The second-order valence-corrected chi connectivity index (χ2v) is 8.91. The number of carboxylic acid groups (broad SMARTS) is 1. The monoisotopic (exact) mass is 502 g/mol. The van der Waals surface area contributed by atoms with E-state index in [4.69, 9.17) is 16.3 Å². The smallest absolute Gasteiger partial charge is 0.335 e. The minimum Gasteiger partial charge on any atom is -0.479 e. The zero-order valence-electron chi connectivity index (χ0n) is 18.4. The molecule has 35 heavy (non-hydrogen) atoms. The lowest BCUT2D eigenvalue weighted by Crippen LogP contribution is -2.63. The normalized spacial score (nSPS) is 25.9. The Morgan fingerprint density at radius 2 is 1.89 bits per heavy atom. The molecule has 2 aromatic carbocycles. The number of aliphatic imine (C=N–C) groups is 1. The Morgan fingerprint density at radius 1 is 1.14 bits per heavy atom. The van der Waals surface area contributed by atoms with E-state index in [0.29, 0.717) is 39.1 Å². The summed E-state index contributed by atoms with van der Waals surface area (Å²) in [6.45, 7) is 1.85. The number of imidazole rings is 1. The molecule has 9 nitrogen and oxygen atoms in total. The topological polar surface area (TPSA) is 128 Å². The van der Waals surface area contributed by atoms with Gasteiger partial charge >= 0.3 is 5.97 Å². The van der Waals surface area contributed by atoms with Crippen LogP contribution in [0.25, 0.3) is 5.69 Å². The fraction of sp³-hybridized carbons (Fsp3) is 0.292. The van der Waals surface area contributed by atoms with E-state index >= 15 is 0 Å². The third-order valence-electron chi connectivity index (χ3n) is 6.36. The van der Waals surface area contributed by atoms with Gasteiger partial charge in [-0.3, -0.25) is 4.99 Å². The molecule has 11 heteroatoms. The van der Waals surface area contributed by atoms with Gasteiger partial charge < -0.3 is 25.2 Å². The predicted octanol–water partition coefficient (Wildman–Crippen LogP) is 1.28. The minimum atomic E-state index is -1.80. The molecule has 4 N–H and O–H groups in total. The van der Waals surface area contributed by atoms with Crippen molar-refractivity contribution < 1.29 is 38.9 Å².